The lowest BCUT2D eigenvalue weighted by Gasteiger charge is -2.57. The van der Waals surface area contributed by atoms with Gasteiger partial charge in [-0.3, -0.25) is 4.79 Å². The average Bonchev–Trinajstić information content (AvgIpc) is 2.57. The van der Waals surface area contributed by atoms with Crippen LogP contribution in [0, 0.1) is 16.2 Å². The summed E-state index contributed by atoms with van der Waals surface area (Å²) in [7, 11) is 0. The van der Waals surface area contributed by atoms with Crippen LogP contribution in [0.25, 0.3) is 0 Å². The normalized spacial score (nSPS) is 32.5. The summed E-state index contributed by atoms with van der Waals surface area (Å²) in [5.74, 6) is -0.228. The number of nitrogens with one attached hydrogen (secondary N) is 2. The Balaban J connectivity index is 1.63. The summed E-state index contributed by atoms with van der Waals surface area (Å²) in [4.78, 5) is 26.0. The van der Waals surface area contributed by atoms with E-state index in [1.54, 1.807) is 12.1 Å². The van der Waals surface area contributed by atoms with Gasteiger partial charge < -0.3 is 10.4 Å². The zero-order valence-corrected chi connectivity index (χ0v) is 19.1. The second-order valence-electron chi connectivity index (χ2n) is 11.5. The monoisotopic (exact) mass is 423 g/mol. The van der Waals surface area contributed by atoms with Gasteiger partial charge in [0, 0.05) is 16.7 Å². The highest BCUT2D eigenvalue weighted by atomic mass is 16.3. The highest BCUT2D eigenvalue weighted by Gasteiger charge is 2.58. The van der Waals surface area contributed by atoms with Crippen molar-refractivity contribution in [1.82, 2.24) is 5.43 Å². The number of amides is 2. The fraction of sp³-hybridized carbons (Fsp3) is 0.560. The molecule has 4 rings (SSSR count). The number of para-hydroxylation sites is 1. The van der Waals surface area contributed by atoms with Gasteiger partial charge in [-0.25, -0.2) is 10.2 Å². The standard InChI is InChI=1S/C25H33N3O3/c1-22(2)13-24(5)12-16-11-23(3,4)20(19(29)18(16)25(31,14-22)15-24)27-28-21(30)26-17-9-7-6-8-10-17/h6-10,31H,11-15H2,1-5H3,(H2,26,28,30). The number of Topliss-reactive ketones (excluding diaryl/α,β-unsaturated/α-hetero) is 1. The van der Waals surface area contributed by atoms with E-state index in [0.29, 0.717) is 36.2 Å². The average molecular weight is 424 g/mol. The Hall–Kier alpha value is -2.47. The number of benzene rings is 1. The van der Waals surface area contributed by atoms with Gasteiger partial charge in [0.25, 0.3) is 0 Å². The van der Waals surface area contributed by atoms with Crippen LogP contribution in [-0.2, 0) is 4.79 Å². The van der Waals surface area contributed by atoms with Crippen molar-refractivity contribution in [2.75, 3.05) is 5.32 Å². The Kier molecular flexibility index (Phi) is 4.93. The van der Waals surface area contributed by atoms with Crippen molar-refractivity contribution in [1.29, 1.82) is 0 Å². The maximum absolute atomic E-state index is 13.6. The molecule has 3 aliphatic rings. The first kappa shape index (κ1) is 21.8. The van der Waals surface area contributed by atoms with Gasteiger partial charge in [-0.15, -0.1) is 0 Å². The third kappa shape index (κ3) is 4.05. The number of hydrogen-bond acceptors (Lipinski definition) is 4. The summed E-state index contributed by atoms with van der Waals surface area (Å²) >= 11 is 0. The molecule has 0 aliphatic heterocycles. The predicted octanol–water partition coefficient (Wildman–Crippen LogP) is 4.81. The number of carbonyl (C=O) groups is 2. The number of carbonyl (C=O) groups excluding carboxylic acids is 2. The molecule has 2 unspecified atom stereocenters. The number of anilines is 1. The van der Waals surface area contributed by atoms with E-state index in [2.05, 4.69) is 36.6 Å². The summed E-state index contributed by atoms with van der Waals surface area (Å²) in [6, 6.07) is 8.57. The number of hydrazone groups is 1. The predicted molar refractivity (Wildman–Crippen MR) is 122 cm³/mol. The zero-order chi connectivity index (χ0) is 22.7. The van der Waals surface area contributed by atoms with Crippen molar-refractivity contribution in [3.63, 3.8) is 0 Å². The number of ketones is 1. The molecule has 31 heavy (non-hydrogen) atoms. The quantitative estimate of drug-likeness (QED) is 0.596. The summed E-state index contributed by atoms with van der Waals surface area (Å²) in [5.41, 5.74) is 3.32. The van der Waals surface area contributed by atoms with Gasteiger partial charge in [-0.1, -0.05) is 58.4 Å². The van der Waals surface area contributed by atoms with Gasteiger partial charge in [0.15, 0.2) is 0 Å². The van der Waals surface area contributed by atoms with Crippen LogP contribution in [0.5, 0.6) is 0 Å². The van der Waals surface area contributed by atoms with E-state index >= 15 is 0 Å². The molecule has 3 N–H and O–H groups in total. The largest absolute Gasteiger partial charge is 0.385 e. The Labute approximate surface area is 184 Å². The lowest BCUT2D eigenvalue weighted by Crippen LogP contribution is -2.56. The summed E-state index contributed by atoms with van der Waals surface area (Å²) < 4.78 is 0. The fourth-order valence-electron chi connectivity index (χ4n) is 6.63. The molecular formula is C25H33N3O3. The molecule has 0 saturated heterocycles. The number of nitrogens with zero attached hydrogens (tertiary/aromatic N) is 1. The third-order valence-corrected chi connectivity index (χ3v) is 6.89. The van der Waals surface area contributed by atoms with Crippen LogP contribution < -0.4 is 10.7 Å². The van der Waals surface area contributed by atoms with E-state index in [1.807, 2.05) is 32.0 Å². The Bertz CT molecular complexity index is 993. The van der Waals surface area contributed by atoms with Crippen LogP contribution in [0.3, 0.4) is 0 Å². The van der Waals surface area contributed by atoms with Crippen LogP contribution in [0.15, 0.2) is 46.6 Å². The first-order valence-electron chi connectivity index (χ1n) is 11.0. The maximum Gasteiger partial charge on any atom is 0.339 e. The molecule has 3 aliphatic carbocycles. The number of urea groups is 1. The Morgan fingerprint density at radius 1 is 1.00 bits per heavy atom. The highest BCUT2D eigenvalue weighted by molar-refractivity contribution is 6.48. The molecule has 1 aromatic rings. The Morgan fingerprint density at radius 2 is 1.68 bits per heavy atom. The minimum atomic E-state index is -1.13. The van der Waals surface area contributed by atoms with Crippen molar-refractivity contribution < 1.29 is 14.7 Å². The van der Waals surface area contributed by atoms with Crippen molar-refractivity contribution in [2.24, 2.45) is 21.3 Å². The first-order valence-corrected chi connectivity index (χ1v) is 11.0. The molecule has 0 heterocycles. The molecule has 2 amide bonds. The van der Waals surface area contributed by atoms with E-state index in [0.717, 1.165) is 18.4 Å². The van der Waals surface area contributed by atoms with Crippen LogP contribution in [0.2, 0.25) is 0 Å². The van der Waals surface area contributed by atoms with Crippen LogP contribution in [0.1, 0.15) is 66.7 Å². The van der Waals surface area contributed by atoms with Crippen molar-refractivity contribution >= 4 is 23.2 Å². The molecule has 2 atom stereocenters. The molecule has 1 aromatic carbocycles. The molecule has 0 aromatic heterocycles. The maximum atomic E-state index is 13.6. The number of fused-ring (bicyclic) bond motifs is 3. The van der Waals surface area contributed by atoms with Gasteiger partial charge >= 0.3 is 6.03 Å². The summed E-state index contributed by atoms with van der Waals surface area (Å²) in [6.07, 6.45) is 3.70. The minimum Gasteiger partial charge on any atom is -0.385 e. The van der Waals surface area contributed by atoms with E-state index in [1.165, 1.54) is 0 Å². The molecule has 6 nitrogen and oxygen atoms in total. The summed E-state index contributed by atoms with van der Waals surface area (Å²) in [5, 5.41) is 18.7. The van der Waals surface area contributed by atoms with E-state index in [9.17, 15) is 14.7 Å². The second-order valence-corrected chi connectivity index (χ2v) is 11.5. The summed E-state index contributed by atoms with van der Waals surface area (Å²) in [6.45, 7) is 10.5. The molecular weight excluding hydrogens is 390 g/mol. The third-order valence-electron chi connectivity index (χ3n) is 6.89. The molecule has 2 bridgehead atoms. The van der Waals surface area contributed by atoms with Crippen LogP contribution >= 0.6 is 0 Å². The SMILES string of the molecule is CC1(C)CC2(C)CC3=C(C(=O)C(=NNC(=O)Nc4ccccc4)C(C)(C)C3)C(O)(C1)C2. The second kappa shape index (κ2) is 7.02. The lowest BCUT2D eigenvalue weighted by molar-refractivity contribution is -0.119. The molecule has 0 spiro atoms. The van der Waals surface area contributed by atoms with Crippen molar-refractivity contribution in [3.05, 3.63) is 41.5 Å². The van der Waals surface area contributed by atoms with Gasteiger partial charge in [0.1, 0.15) is 5.71 Å². The van der Waals surface area contributed by atoms with Gasteiger partial charge in [-0.05, 0) is 55.1 Å². The molecule has 0 radical (unpaired) electrons. The van der Waals surface area contributed by atoms with Crippen LogP contribution in [-0.4, -0.2) is 28.2 Å². The van der Waals surface area contributed by atoms with E-state index in [4.69, 9.17) is 0 Å². The topological polar surface area (TPSA) is 90.8 Å². The smallest absolute Gasteiger partial charge is 0.339 e. The number of hydrogen-bond donors (Lipinski definition) is 3. The molecule has 1 fully saturated rings. The van der Waals surface area contributed by atoms with Gasteiger partial charge in [0.2, 0.25) is 5.78 Å². The number of aliphatic hydroxyl groups is 1. The minimum absolute atomic E-state index is 0.00579. The van der Waals surface area contributed by atoms with Crippen molar-refractivity contribution in [3.8, 4) is 0 Å². The lowest BCUT2D eigenvalue weighted by atomic mass is 9.49. The molecule has 1 saturated carbocycles. The number of allylic oxidation sites excluding steroid dienone is 1. The Morgan fingerprint density at radius 3 is 2.35 bits per heavy atom. The highest BCUT2D eigenvalue weighted by Crippen LogP contribution is 2.61. The first-order chi connectivity index (χ1) is 14.3. The van der Waals surface area contributed by atoms with Crippen molar-refractivity contribution in [2.45, 2.75) is 72.3 Å². The van der Waals surface area contributed by atoms with Gasteiger partial charge in [0.05, 0.1) is 5.60 Å². The fourth-order valence-corrected chi connectivity index (χ4v) is 6.63. The molecule has 166 valence electrons. The van der Waals surface area contributed by atoms with Crippen LogP contribution in [0.4, 0.5) is 10.5 Å². The van der Waals surface area contributed by atoms with E-state index in [-0.39, 0.29) is 16.6 Å². The zero-order valence-electron chi connectivity index (χ0n) is 19.1. The van der Waals surface area contributed by atoms with E-state index < -0.39 is 17.0 Å². The van der Waals surface area contributed by atoms with Gasteiger partial charge in [-0.2, -0.15) is 5.10 Å². The number of rotatable bonds is 2. The molecule has 6 heteroatoms.